The van der Waals surface area contributed by atoms with Crippen molar-refractivity contribution in [2.75, 3.05) is 13.7 Å². The molecular formula is C21H23N3O3. The fourth-order valence-electron chi connectivity index (χ4n) is 3.08. The number of nitrogens with one attached hydrogen (secondary N) is 1. The minimum atomic E-state index is -0.167. The van der Waals surface area contributed by atoms with Gasteiger partial charge in [0.05, 0.1) is 18.0 Å². The summed E-state index contributed by atoms with van der Waals surface area (Å²) < 4.78 is 6.77. The van der Waals surface area contributed by atoms with E-state index in [0.29, 0.717) is 42.0 Å². The van der Waals surface area contributed by atoms with Gasteiger partial charge >= 0.3 is 0 Å². The highest BCUT2D eigenvalue weighted by Crippen LogP contribution is 2.14. The number of hydrogen-bond acceptors (Lipinski definition) is 4. The third-order valence-electron chi connectivity index (χ3n) is 4.57. The lowest BCUT2D eigenvalue weighted by molar-refractivity contribution is 0.0954. The summed E-state index contributed by atoms with van der Waals surface area (Å²) in [7, 11) is 1.58. The van der Waals surface area contributed by atoms with Crippen LogP contribution in [0.1, 0.15) is 28.7 Å². The van der Waals surface area contributed by atoms with E-state index in [0.717, 1.165) is 11.1 Å². The number of carbonyl (C=O) groups is 1. The van der Waals surface area contributed by atoms with Crippen molar-refractivity contribution in [3.8, 4) is 5.75 Å². The molecule has 3 rings (SSSR count). The fraction of sp³-hybridized carbons (Fsp3) is 0.286. The van der Waals surface area contributed by atoms with Crippen LogP contribution in [0.4, 0.5) is 0 Å². The number of rotatable bonds is 6. The Morgan fingerprint density at radius 2 is 1.93 bits per heavy atom. The third-order valence-corrected chi connectivity index (χ3v) is 4.57. The van der Waals surface area contributed by atoms with Gasteiger partial charge in [0, 0.05) is 25.1 Å². The quantitative estimate of drug-likeness (QED) is 0.729. The van der Waals surface area contributed by atoms with E-state index in [2.05, 4.69) is 5.32 Å². The van der Waals surface area contributed by atoms with Gasteiger partial charge in [0.15, 0.2) is 0 Å². The first-order valence-corrected chi connectivity index (χ1v) is 8.96. The van der Waals surface area contributed by atoms with E-state index >= 15 is 0 Å². The molecule has 140 valence electrons. The van der Waals surface area contributed by atoms with Gasteiger partial charge in [-0.25, -0.2) is 4.98 Å². The summed E-state index contributed by atoms with van der Waals surface area (Å²) in [5.74, 6) is 1.22. The molecule has 0 spiro atoms. The number of hydrogen-bond donors (Lipinski definition) is 1. The third kappa shape index (κ3) is 3.84. The van der Waals surface area contributed by atoms with Crippen molar-refractivity contribution in [2.45, 2.75) is 26.8 Å². The zero-order valence-corrected chi connectivity index (χ0v) is 15.8. The highest BCUT2D eigenvalue weighted by molar-refractivity contribution is 5.94. The van der Waals surface area contributed by atoms with Gasteiger partial charge in [0.2, 0.25) is 0 Å². The molecule has 6 nitrogen and oxygen atoms in total. The van der Waals surface area contributed by atoms with Gasteiger partial charge in [-0.15, -0.1) is 0 Å². The van der Waals surface area contributed by atoms with Gasteiger partial charge in [-0.05, 0) is 49.7 Å². The molecule has 2 aromatic carbocycles. The summed E-state index contributed by atoms with van der Waals surface area (Å²) in [6, 6.07) is 12.5. The van der Waals surface area contributed by atoms with Gasteiger partial charge in [0.1, 0.15) is 11.6 Å². The second-order valence-electron chi connectivity index (χ2n) is 6.28. The Balaban J connectivity index is 1.77. The highest BCUT2D eigenvalue weighted by Gasteiger charge is 2.12. The molecule has 0 saturated carbocycles. The molecule has 0 fully saturated rings. The number of amides is 1. The molecule has 1 N–H and O–H groups in total. The van der Waals surface area contributed by atoms with Crippen LogP contribution in [-0.4, -0.2) is 29.1 Å². The molecule has 3 aromatic rings. The number of aromatic nitrogens is 2. The predicted molar refractivity (Wildman–Crippen MR) is 105 cm³/mol. The summed E-state index contributed by atoms with van der Waals surface area (Å²) in [6.07, 6.45) is 0.481. The largest absolute Gasteiger partial charge is 0.497 e. The average molecular weight is 365 g/mol. The average Bonchev–Trinajstić information content (AvgIpc) is 2.69. The van der Waals surface area contributed by atoms with E-state index in [-0.39, 0.29) is 11.5 Å². The first kappa shape index (κ1) is 18.6. The van der Waals surface area contributed by atoms with E-state index in [1.807, 2.05) is 26.0 Å². The van der Waals surface area contributed by atoms with Crippen LogP contribution in [0.2, 0.25) is 0 Å². The van der Waals surface area contributed by atoms with Crippen molar-refractivity contribution >= 4 is 16.8 Å². The second-order valence-corrected chi connectivity index (χ2v) is 6.28. The number of benzene rings is 2. The Bertz CT molecular complexity index is 1020. The van der Waals surface area contributed by atoms with E-state index in [9.17, 15) is 9.59 Å². The van der Waals surface area contributed by atoms with Crippen LogP contribution in [0.5, 0.6) is 5.75 Å². The van der Waals surface area contributed by atoms with Crippen LogP contribution in [0.15, 0.2) is 47.3 Å². The minimum absolute atomic E-state index is 0.0392. The van der Waals surface area contributed by atoms with Gasteiger partial charge in [-0.3, -0.25) is 14.2 Å². The molecule has 0 saturated heterocycles. The Hall–Kier alpha value is -3.15. The van der Waals surface area contributed by atoms with Crippen molar-refractivity contribution < 1.29 is 9.53 Å². The maximum Gasteiger partial charge on any atom is 0.261 e. The van der Waals surface area contributed by atoms with Crippen LogP contribution >= 0.6 is 0 Å². The van der Waals surface area contributed by atoms with E-state index in [4.69, 9.17) is 9.72 Å². The summed E-state index contributed by atoms with van der Waals surface area (Å²) in [5.41, 5.74) is 2.22. The molecule has 0 atom stereocenters. The Kier molecular flexibility index (Phi) is 5.54. The Morgan fingerprint density at radius 1 is 1.19 bits per heavy atom. The predicted octanol–water partition coefficient (Wildman–Crippen LogP) is 2.71. The minimum Gasteiger partial charge on any atom is -0.497 e. The molecule has 0 aliphatic heterocycles. The summed E-state index contributed by atoms with van der Waals surface area (Å²) >= 11 is 0. The first-order chi connectivity index (χ1) is 13.0. The number of methoxy groups -OCH3 is 1. The second kappa shape index (κ2) is 8.03. The van der Waals surface area contributed by atoms with Crippen molar-refractivity contribution in [2.24, 2.45) is 0 Å². The molecule has 0 bridgehead atoms. The molecule has 0 aliphatic carbocycles. The van der Waals surface area contributed by atoms with E-state index in [1.54, 1.807) is 42.0 Å². The highest BCUT2D eigenvalue weighted by atomic mass is 16.5. The molecular weight excluding hydrogens is 342 g/mol. The van der Waals surface area contributed by atoms with Gasteiger partial charge in [-0.1, -0.05) is 12.1 Å². The van der Waals surface area contributed by atoms with Crippen molar-refractivity contribution in [3.63, 3.8) is 0 Å². The van der Waals surface area contributed by atoms with Gasteiger partial charge in [0.25, 0.3) is 11.5 Å². The van der Waals surface area contributed by atoms with Crippen molar-refractivity contribution in [1.29, 1.82) is 0 Å². The maximum atomic E-state index is 12.7. The SMILES string of the molecule is CCn1c(CCNC(=O)c2ccc(OC)cc2)nc2c(C)cccc2c1=O. The lowest BCUT2D eigenvalue weighted by atomic mass is 10.1. The van der Waals surface area contributed by atoms with Crippen LogP contribution in [0.3, 0.4) is 0 Å². The van der Waals surface area contributed by atoms with Gasteiger partial charge in [-0.2, -0.15) is 0 Å². The van der Waals surface area contributed by atoms with Crippen LogP contribution < -0.4 is 15.6 Å². The number of carbonyl (C=O) groups excluding carboxylic acids is 1. The van der Waals surface area contributed by atoms with Gasteiger partial charge < -0.3 is 10.1 Å². The van der Waals surface area contributed by atoms with E-state index < -0.39 is 0 Å². The van der Waals surface area contributed by atoms with Crippen LogP contribution in [0, 0.1) is 6.92 Å². The Morgan fingerprint density at radius 3 is 2.59 bits per heavy atom. The van der Waals surface area contributed by atoms with E-state index in [1.165, 1.54) is 0 Å². The monoisotopic (exact) mass is 365 g/mol. The molecule has 0 aliphatic rings. The maximum absolute atomic E-state index is 12.7. The lowest BCUT2D eigenvalue weighted by Gasteiger charge is -2.13. The number of nitrogens with zero attached hydrogens (tertiary/aromatic N) is 2. The fourth-order valence-corrected chi connectivity index (χ4v) is 3.08. The zero-order valence-electron chi connectivity index (χ0n) is 15.8. The summed E-state index contributed by atoms with van der Waals surface area (Å²) in [4.78, 5) is 29.7. The molecule has 1 amide bonds. The molecule has 27 heavy (non-hydrogen) atoms. The smallest absolute Gasteiger partial charge is 0.261 e. The van der Waals surface area contributed by atoms with Crippen molar-refractivity contribution in [3.05, 3.63) is 69.8 Å². The normalized spacial score (nSPS) is 10.8. The number of ether oxygens (including phenoxy) is 1. The van der Waals surface area contributed by atoms with Crippen molar-refractivity contribution in [1.82, 2.24) is 14.9 Å². The molecule has 1 heterocycles. The molecule has 1 aromatic heterocycles. The van der Waals surface area contributed by atoms with Crippen LogP contribution in [-0.2, 0) is 13.0 Å². The zero-order chi connectivity index (χ0) is 19.4. The molecule has 0 unspecified atom stereocenters. The molecule has 6 heteroatoms. The van der Waals surface area contributed by atoms with Crippen LogP contribution in [0.25, 0.3) is 10.9 Å². The number of aryl methyl sites for hydroxylation is 1. The number of fused-ring (bicyclic) bond motifs is 1. The standard InChI is InChI=1S/C21H23N3O3/c1-4-24-18(23-19-14(2)6-5-7-17(19)21(24)26)12-13-22-20(25)15-8-10-16(27-3)11-9-15/h5-11H,4,12-13H2,1-3H3,(H,22,25). The molecule has 0 radical (unpaired) electrons. The summed E-state index contributed by atoms with van der Waals surface area (Å²) in [6.45, 7) is 4.80. The lowest BCUT2D eigenvalue weighted by Crippen LogP contribution is -2.30. The number of para-hydroxylation sites is 1. The first-order valence-electron chi connectivity index (χ1n) is 8.96. The topological polar surface area (TPSA) is 73.2 Å². The summed E-state index contributed by atoms with van der Waals surface area (Å²) in [5, 5.41) is 3.51. The Labute approximate surface area is 157 Å².